The van der Waals surface area contributed by atoms with Crippen molar-refractivity contribution in [2.24, 2.45) is 5.41 Å². The Balaban J connectivity index is 1.42. The Bertz CT molecular complexity index is 468. The van der Waals surface area contributed by atoms with Gasteiger partial charge in [0.25, 0.3) is 0 Å². The fourth-order valence-electron chi connectivity index (χ4n) is 4.00. The van der Waals surface area contributed by atoms with Gasteiger partial charge in [0, 0.05) is 42.7 Å². The van der Waals surface area contributed by atoms with Crippen LogP contribution in [0.2, 0.25) is 0 Å². The molecule has 0 saturated carbocycles. The number of hydrogen-bond donors (Lipinski definition) is 0. The van der Waals surface area contributed by atoms with Gasteiger partial charge in [0.2, 0.25) is 0 Å². The summed E-state index contributed by atoms with van der Waals surface area (Å²) in [5.74, 6) is 0. The molecule has 0 amide bonds. The maximum absolute atomic E-state index is 5.97. The van der Waals surface area contributed by atoms with E-state index < -0.39 is 0 Å². The Morgan fingerprint density at radius 1 is 1.18 bits per heavy atom. The highest BCUT2D eigenvalue weighted by Crippen LogP contribution is 2.37. The summed E-state index contributed by atoms with van der Waals surface area (Å²) in [5, 5.41) is 3.22. The lowest BCUT2D eigenvalue weighted by atomic mass is 9.78. The number of ether oxygens (including phenoxy) is 2. The van der Waals surface area contributed by atoms with Crippen LogP contribution in [0.3, 0.4) is 0 Å². The summed E-state index contributed by atoms with van der Waals surface area (Å²) in [7, 11) is 0. The van der Waals surface area contributed by atoms with Crippen molar-refractivity contribution in [3.05, 3.63) is 11.6 Å². The van der Waals surface area contributed by atoms with E-state index in [4.69, 9.17) is 9.47 Å². The van der Waals surface area contributed by atoms with Crippen molar-refractivity contribution in [2.75, 3.05) is 57.5 Å². The Morgan fingerprint density at radius 3 is 2.82 bits per heavy atom. The molecular formula is C16H25N3O2S. The molecule has 1 aromatic heterocycles. The predicted molar refractivity (Wildman–Crippen MR) is 87.6 cm³/mol. The molecule has 3 fully saturated rings. The van der Waals surface area contributed by atoms with Gasteiger partial charge in [-0.15, -0.1) is 11.3 Å². The first-order chi connectivity index (χ1) is 10.8. The number of aromatic nitrogens is 1. The van der Waals surface area contributed by atoms with Crippen molar-refractivity contribution in [1.29, 1.82) is 0 Å². The fraction of sp³-hybridized carbons (Fsp3) is 0.812. The van der Waals surface area contributed by atoms with Gasteiger partial charge in [0.05, 0.1) is 19.8 Å². The second kappa shape index (κ2) is 6.43. The SMILES string of the molecule is c1csc(N2CCOCC3(CCN(C4CCOC4)CC3)C2)n1. The maximum Gasteiger partial charge on any atom is 0.185 e. The van der Waals surface area contributed by atoms with Crippen LogP contribution in [0.15, 0.2) is 11.6 Å². The largest absolute Gasteiger partial charge is 0.380 e. The van der Waals surface area contributed by atoms with Crippen molar-refractivity contribution < 1.29 is 9.47 Å². The summed E-state index contributed by atoms with van der Waals surface area (Å²) < 4.78 is 11.5. The standard InChI is InChI=1S/C16H25N3O2S/c1-8-20-11-14(1)18-5-2-16(3-6-18)12-19(7-9-21-13-16)15-17-4-10-22-15/h4,10,14H,1-3,5-9,11-13H2. The van der Waals surface area contributed by atoms with E-state index in [1.54, 1.807) is 11.3 Å². The molecule has 4 heterocycles. The van der Waals surface area contributed by atoms with Gasteiger partial charge in [0.1, 0.15) is 0 Å². The average molecular weight is 323 g/mol. The van der Waals surface area contributed by atoms with Crippen molar-refractivity contribution in [2.45, 2.75) is 25.3 Å². The first kappa shape index (κ1) is 14.9. The molecule has 0 N–H and O–H groups in total. The molecule has 5 nitrogen and oxygen atoms in total. The van der Waals surface area contributed by atoms with Gasteiger partial charge in [0.15, 0.2) is 5.13 Å². The molecule has 6 heteroatoms. The highest BCUT2D eigenvalue weighted by atomic mass is 32.1. The number of hydrogen-bond acceptors (Lipinski definition) is 6. The number of nitrogens with zero attached hydrogens (tertiary/aromatic N) is 3. The van der Waals surface area contributed by atoms with E-state index in [0.29, 0.717) is 11.5 Å². The van der Waals surface area contributed by atoms with Gasteiger partial charge >= 0.3 is 0 Å². The number of anilines is 1. The van der Waals surface area contributed by atoms with Gasteiger partial charge in [-0.2, -0.15) is 0 Å². The lowest BCUT2D eigenvalue weighted by Gasteiger charge is -2.44. The van der Waals surface area contributed by atoms with Crippen molar-refractivity contribution in [3.63, 3.8) is 0 Å². The third kappa shape index (κ3) is 3.02. The van der Waals surface area contributed by atoms with Crippen molar-refractivity contribution in [1.82, 2.24) is 9.88 Å². The molecule has 22 heavy (non-hydrogen) atoms. The monoisotopic (exact) mass is 323 g/mol. The maximum atomic E-state index is 5.97. The summed E-state index contributed by atoms with van der Waals surface area (Å²) in [6.45, 7) is 8.02. The third-order valence-electron chi connectivity index (χ3n) is 5.41. The Morgan fingerprint density at radius 2 is 2.09 bits per heavy atom. The summed E-state index contributed by atoms with van der Waals surface area (Å²) in [4.78, 5) is 9.57. The molecule has 1 aromatic rings. The molecule has 1 unspecified atom stereocenters. The molecule has 0 aliphatic carbocycles. The number of likely N-dealkylation sites (tertiary alicyclic amines) is 1. The summed E-state index contributed by atoms with van der Waals surface area (Å²) in [6, 6.07) is 0.652. The van der Waals surface area contributed by atoms with E-state index in [9.17, 15) is 0 Å². The summed E-state index contributed by atoms with van der Waals surface area (Å²) >= 11 is 1.74. The molecule has 3 saturated heterocycles. The molecule has 1 atom stereocenters. The van der Waals surface area contributed by atoms with Crippen molar-refractivity contribution in [3.8, 4) is 0 Å². The average Bonchev–Trinajstić information content (AvgIpc) is 3.22. The van der Waals surface area contributed by atoms with Crippen LogP contribution in [0.25, 0.3) is 0 Å². The van der Waals surface area contributed by atoms with Crippen LogP contribution in [0.1, 0.15) is 19.3 Å². The van der Waals surface area contributed by atoms with E-state index in [2.05, 4.69) is 20.2 Å². The van der Waals surface area contributed by atoms with Crippen LogP contribution in [-0.2, 0) is 9.47 Å². The molecule has 1 spiro atoms. The zero-order valence-electron chi connectivity index (χ0n) is 13.1. The third-order valence-corrected chi connectivity index (χ3v) is 6.24. The van der Waals surface area contributed by atoms with Crippen LogP contribution >= 0.6 is 11.3 Å². The van der Waals surface area contributed by atoms with Gasteiger partial charge in [-0.3, -0.25) is 4.90 Å². The lowest BCUT2D eigenvalue weighted by molar-refractivity contribution is 0.00920. The molecule has 0 radical (unpaired) electrons. The predicted octanol–water partition coefficient (Wildman–Crippen LogP) is 1.85. The van der Waals surface area contributed by atoms with Gasteiger partial charge in [-0.1, -0.05) is 0 Å². The van der Waals surface area contributed by atoms with Gasteiger partial charge in [-0.05, 0) is 32.4 Å². The first-order valence-corrected chi connectivity index (χ1v) is 9.27. The number of thiazole rings is 1. The highest BCUT2D eigenvalue weighted by molar-refractivity contribution is 7.13. The zero-order chi connectivity index (χ0) is 14.8. The minimum absolute atomic E-state index is 0.304. The minimum Gasteiger partial charge on any atom is -0.380 e. The molecular weight excluding hydrogens is 298 g/mol. The summed E-state index contributed by atoms with van der Waals surface area (Å²) in [5.41, 5.74) is 0.304. The second-order valence-corrected chi connectivity index (χ2v) is 7.72. The minimum atomic E-state index is 0.304. The van der Waals surface area contributed by atoms with Crippen LogP contribution < -0.4 is 4.90 Å². The van der Waals surface area contributed by atoms with Gasteiger partial charge in [-0.25, -0.2) is 4.98 Å². The fourth-order valence-corrected chi connectivity index (χ4v) is 4.67. The van der Waals surface area contributed by atoms with Crippen molar-refractivity contribution >= 4 is 16.5 Å². The topological polar surface area (TPSA) is 37.8 Å². The Kier molecular flexibility index (Phi) is 4.35. The number of rotatable bonds is 2. The van der Waals surface area contributed by atoms with Gasteiger partial charge < -0.3 is 14.4 Å². The quantitative estimate of drug-likeness (QED) is 0.830. The number of piperidine rings is 1. The summed E-state index contributed by atoms with van der Waals surface area (Å²) in [6.07, 6.45) is 5.56. The first-order valence-electron chi connectivity index (χ1n) is 8.39. The van der Waals surface area contributed by atoms with E-state index >= 15 is 0 Å². The highest BCUT2D eigenvalue weighted by Gasteiger charge is 2.40. The Hall–Kier alpha value is -0.690. The smallest absolute Gasteiger partial charge is 0.185 e. The molecule has 0 aromatic carbocycles. The van der Waals surface area contributed by atoms with Crippen LogP contribution in [-0.4, -0.2) is 68.5 Å². The molecule has 3 aliphatic rings. The second-order valence-electron chi connectivity index (χ2n) is 6.84. The zero-order valence-corrected chi connectivity index (χ0v) is 13.9. The molecule has 122 valence electrons. The van der Waals surface area contributed by atoms with Crippen LogP contribution in [0.4, 0.5) is 5.13 Å². The normalized spacial score (nSPS) is 29.8. The Labute approximate surface area is 136 Å². The molecule has 0 bridgehead atoms. The van der Waals surface area contributed by atoms with Crippen LogP contribution in [0.5, 0.6) is 0 Å². The lowest BCUT2D eigenvalue weighted by Crippen LogP contribution is -2.50. The molecule has 3 aliphatic heterocycles. The van der Waals surface area contributed by atoms with E-state index in [1.165, 1.54) is 32.4 Å². The van der Waals surface area contributed by atoms with E-state index in [-0.39, 0.29) is 0 Å². The van der Waals surface area contributed by atoms with E-state index in [0.717, 1.165) is 44.6 Å². The van der Waals surface area contributed by atoms with E-state index in [1.807, 2.05) is 6.20 Å². The van der Waals surface area contributed by atoms with Crippen LogP contribution in [0, 0.1) is 5.41 Å². The molecule has 4 rings (SSSR count).